The van der Waals surface area contributed by atoms with E-state index in [1.165, 1.54) is 0 Å². The molecule has 0 radical (unpaired) electrons. The maximum Gasteiger partial charge on any atom is 0.406 e. The van der Waals surface area contributed by atoms with Crippen molar-refractivity contribution in [3.8, 4) is 0 Å². The summed E-state index contributed by atoms with van der Waals surface area (Å²) in [5.74, 6) is -0.265. The van der Waals surface area contributed by atoms with E-state index >= 15 is 0 Å². The van der Waals surface area contributed by atoms with Crippen molar-refractivity contribution in [2.75, 3.05) is 33.7 Å². The van der Waals surface area contributed by atoms with Crippen molar-refractivity contribution in [2.24, 2.45) is 4.99 Å². The fourth-order valence-electron chi connectivity index (χ4n) is 2.03. The second kappa shape index (κ2) is 11.5. The van der Waals surface area contributed by atoms with Crippen LogP contribution in [0.5, 0.6) is 0 Å². The number of guanidine groups is 1. The SMILES string of the molecule is CCNC(=NCC(=O)N(C)CC(F)(F)F)N(C)Cc1ccc(Cl)cc1.I. The summed E-state index contributed by atoms with van der Waals surface area (Å²) in [5, 5.41) is 3.64. The number of carbonyl (C=O) groups is 1. The highest BCUT2D eigenvalue weighted by Gasteiger charge is 2.31. The minimum Gasteiger partial charge on any atom is -0.357 e. The molecule has 26 heavy (non-hydrogen) atoms. The van der Waals surface area contributed by atoms with Gasteiger partial charge in [-0.2, -0.15) is 13.2 Å². The predicted octanol–water partition coefficient (Wildman–Crippen LogP) is 3.38. The minimum atomic E-state index is -4.43. The Labute approximate surface area is 173 Å². The molecular formula is C16H23ClF3IN4O. The van der Waals surface area contributed by atoms with Gasteiger partial charge in [0.2, 0.25) is 5.91 Å². The highest BCUT2D eigenvalue weighted by molar-refractivity contribution is 14.0. The summed E-state index contributed by atoms with van der Waals surface area (Å²) in [4.78, 5) is 18.3. The van der Waals surface area contributed by atoms with E-state index in [1.54, 1.807) is 24.1 Å². The van der Waals surface area contributed by atoms with E-state index in [1.807, 2.05) is 19.1 Å². The molecule has 0 aliphatic carbocycles. The van der Waals surface area contributed by atoms with Gasteiger partial charge in [0.15, 0.2) is 5.96 Å². The van der Waals surface area contributed by atoms with E-state index in [-0.39, 0.29) is 30.5 Å². The summed E-state index contributed by atoms with van der Waals surface area (Å²) in [7, 11) is 2.88. The number of nitrogens with zero attached hydrogens (tertiary/aromatic N) is 3. The summed E-state index contributed by atoms with van der Waals surface area (Å²) in [6.07, 6.45) is -4.43. The van der Waals surface area contributed by atoms with E-state index in [0.29, 0.717) is 29.0 Å². The van der Waals surface area contributed by atoms with Gasteiger partial charge in [-0.05, 0) is 24.6 Å². The van der Waals surface area contributed by atoms with Crippen LogP contribution in [0.3, 0.4) is 0 Å². The van der Waals surface area contributed by atoms with Gasteiger partial charge in [0.1, 0.15) is 13.1 Å². The van der Waals surface area contributed by atoms with E-state index in [4.69, 9.17) is 11.6 Å². The average Bonchev–Trinajstić information content (AvgIpc) is 2.51. The first-order valence-corrected chi connectivity index (χ1v) is 8.04. The molecule has 148 valence electrons. The third-order valence-corrected chi connectivity index (χ3v) is 3.49. The third-order valence-electron chi connectivity index (χ3n) is 3.24. The van der Waals surface area contributed by atoms with Gasteiger partial charge in [0, 0.05) is 32.2 Å². The maximum absolute atomic E-state index is 12.3. The third kappa shape index (κ3) is 9.46. The molecule has 5 nitrogen and oxygen atoms in total. The number of carbonyl (C=O) groups excluding carboxylic acids is 1. The lowest BCUT2D eigenvalue weighted by atomic mass is 10.2. The van der Waals surface area contributed by atoms with Crippen LogP contribution < -0.4 is 5.32 Å². The van der Waals surface area contributed by atoms with Crippen LogP contribution in [0.2, 0.25) is 5.02 Å². The monoisotopic (exact) mass is 506 g/mol. The van der Waals surface area contributed by atoms with Crippen molar-refractivity contribution < 1.29 is 18.0 Å². The first-order chi connectivity index (χ1) is 11.6. The van der Waals surface area contributed by atoms with Gasteiger partial charge >= 0.3 is 6.18 Å². The van der Waals surface area contributed by atoms with Gasteiger partial charge in [0.05, 0.1) is 0 Å². The normalized spacial score (nSPS) is 11.6. The van der Waals surface area contributed by atoms with Gasteiger partial charge in [-0.15, -0.1) is 24.0 Å². The Balaban J connectivity index is 0.00000625. The van der Waals surface area contributed by atoms with Gasteiger partial charge in [-0.25, -0.2) is 4.99 Å². The van der Waals surface area contributed by atoms with Crippen LogP contribution in [-0.2, 0) is 11.3 Å². The van der Waals surface area contributed by atoms with Gasteiger partial charge in [-0.1, -0.05) is 23.7 Å². The zero-order valence-corrected chi connectivity index (χ0v) is 17.9. The van der Waals surface area contributed by atoms with Gasteiger partial charge in [-0.3, -0.25) is 4.79 Å². The smallest absolute Gasteiger partial charge is 0.357 e. The standard InChI is InChI=1S/C16H22ClF3N4O.HI/c1-4-21-15(22-9-14(25)24(3)11-16(18,19)20)23(2)10-12-5-7-13(17)8-6-12;/h5-8H,4,9-11H2,1-3H3,(H,21,22);1H. The molecule has 0 unspecified atom stereocenters. The fourth-order valence-corrected chi connectivity index (χ4v) is 2.15. The van der Waals surface area contributed by atoms with Crippen LogP contribution in [0, 0.1) is 0 Å². The average molecular weight is 507 g/mol. The highest BCUT2D eigenvalue weighted by atomic mass is 127. The van der Waals surface area contributed by atoms with Gasteiger partial charge in [0.25, 0.3) is 0 Å². The van der Waals surface area contributed by atoms with Crippen molar-refractivity contribution >= 4 is 47.4 Å². The Morgan fingerprint density at radius 2 is 1.77 bits per heavy atom. The molecule has 0 saturated carbocycles. The van der Waals surface area contributed by atoms with Crippen LogP contribution in [0.1, 0.15) is 12.5 Å². The topological polar surface area (TPSA) is 47.9 Å². The number of nitrogens with one attached hydrogen (secondary N) is 1. The van der Waals surface area contributed by atoms with E-state index < -0.39 is 18.6 Å². The molecule has 10 heteroatoms. The quantitative estimate of drug-likeness (QED) is 0.366. The zero-order chi connectivity index (χ0) is 19.0. The molecule has 0 atom stereocenters. The van der Waals surface area contributed by atoms with E-state index in [9.17, 15) is 18.0 Å². The van der Waals surface area contributed by atoms with Crippen LogP contribution in [0.4, 0.5) is 13.2 Å². The summed E-state index contributed by atoms with van der Waals surface area (Å²) < 4.78 is 37.0. The molecule has 0 aliphatic rings. The highest BCUT2D eigenvalue weighted by Crippen LogP contribution is 2.15. The van der Waals surface area contributed by atoms with Crippen molar-refractivity contribution in [3.63, 3.8) is 0 Å². The lowest BCUT2D eigenvalue weighted by Crippen LogP contribution is -2.41. The molecule has 0 fully saturated rings. The molecule has 1 aromatic carbocycles. The van der Waals surface area contributed by atoms with Crippen molar-refractivity contribution in [1.29, 1.82) is 0 Å². The van der Waals surface area contributed by atoms with Gasteiger partial charge < -0.3 is 15.1 Å². The van der Waals surface area contributed by atoms with Crippen LogP contribution in [0.15, 0.2) is 29.3 Å². The Hall–Kier alpha value is -1.23. The molecule has 0 bridgehead atoms. The molecular weight excluding hydrogens is 484 g/mol. The maximum atomic E-state index is 12.3. The first kappa shape index (κ1) is 24.8. The molecule has 0 spiro atoms. The second-order valence-electron chi connectivity index (χ2n) is 5.52. The summed E-state index contributed by atoms with van der Waals surface area (Å²) in [6, 6.07) is 7.27. The first-order valence-electron chi connectivity index (χ1n) is 7.67. The Kier molecular flexibility index (Phi) is 10.9. The number of rotatable bonds is 6. The summed E-state index contributed by atoms with van der Waals surface area (Å²) in [5.41, 5.74) is 0.984. The van der Waals surface area contributed by atoms with Crippen LogP contribution >= 0.6 is 35.6 Å². The Morgan fingerprint density at radius 1 is 1.19 bits per heavy atom. The lowest BCUT2D eigenvalue weighted by Gasteiger charge is -2.23. The number of likely N-dealkylation sites (N-methyl/N-ethyl adjacent to an activating group) is 1. The number of benzene rings is 1. The number of hydrogen-bond acceptors (Lipinski definition) is 2. The van der Waals surface area contributed by atoms with Crippen LogP contribution in [-0.4, -0.2) is 61.6 Å². The largest absolute Gasteiger partial charge is 0.406 e. The Morgan fingerprint density at radius 3 is 2.27 bits per heavy atom. The second-order valence-corrected chi connectivity index (χ2v) is 5.95. The molecule has 0 aliphatic heterocycles. The molecule has 0 aromatic heterocycles. The number of amides is 1. The van der Waals surface area contributed by atoms with Crippen molar-refractivity contribution in [1.82, 2.24) is 15.1 Å². The van der Waals surface area contributed by atoms with Crippen LogP contribution in [0.25, 0.3) is 0 Å². The number of aliphatic imine (C=N–C) groups is 1. The molecule has 1 rings (SSSR count). The molecule has 0 heterocycles. The van der Waals surface area contributed by atoms with Crippen molar-refractivity contribution in [3.05, 3.63) is 34.9 Å². The van der Waals surface area contributed by atoms with Crippen molar-refractivity contribution in [2.45, 2.75) is 19.6 Å². The molecule has 0 saturated heterocycles. The zero-order valence-electron chi connectivity index (χ0n) is 14.8. The molecule has 1 aromatic rings. The summed E-state index contributed by atoms with van der Waals surface area (Å²) >= 11 is 5.85. The lowest BCUT2D eigenvalue weighted by molar-refractivity contribution is -0.157. The Bertz CT molecular complexity index is 596. The van der Waals surface area contributed by atoms with E-state index in [2.05, 4.69) is 10.3 Å². The molecule has 1 N–H and O–H groups in total. The molecule has 1 amide bonds. The summed E-state index contributed by atoms with van der Waals surface area (Å²) in [6.45, 7) is 1.29. The number of halogens is 5. The predicted molar refractivity (Wildman–Crippen MR) is 108 cm³/mol. The minimum absolute atomic E-state index is 0. The number of hydrogen-bond donors (Lipinski definition) is 1. The fraction of sp³-hybridized carbons (Fsp3) is 0.500. The number of alkyl halides is 3. The van der Waals surface area contributed by atoms with E-state index in [0.717, 1.165) is 12.6 Å².